The van der Waals surface area contributed by atoms with Gasteiger partial charge in [0.15, 0.2) is 0 Å². The summed E-state index contributed by atoms with van der Waals surface area (Å²) >= 11 is 0. The topological polar surface area (TPSA) is 26.3 Å². The average molecular weight is 414 g/mol. The molecule has 2 nitrogen and oxygen atoms in total. The summed E-state index contributed by atoms with van der Waals surface area (Å²) in [5.41, 5.74) is 0. The van der Waals surface area contributed by atoms with Crippen molar-refractivity contribution in [2.45, 2.75) is 13.3 Å². The zero-order valence-corrected chi connectivity index (χ0v) is 18.2. The van der Waals surface area contributed by atoms with Gasteiger partial charge in [-0.25, -0.2) is 0 Å². The first kappa shape index (κ1) is 20.3. The van der Waals surface area contributed by atoms with Gasteiger partial charge in [-0.1, -0.05) is 0 Å². The minimum absolute atomic E-state index is 0.264. The van der Waals surface area contributed by atoms with Gasteiger partial charge in [-0.2, -0.15) is 0 Å². The molecule has 0 saturated heterocycles. The molecule has 30 heavy (non-hydrogen) atoms. The molecule has 0 fully saturated rings. The summed E-state index contributed by atoms with van der Waals surface area (Å²) in [5.74, 6) is -0.264. The summed E-state index contributed by atoms with van der Waals surface area (Å²) in [6.07, 6.45) is 7.85. The van der Waals surface area contributed by atoms with Crippen molar-refractivity contribution in [3.8, 4) is 0 Å². The Morgan fingerprint density at radius 2 is 1.27 bits per heavy atom. The molecule has 0 radical (unpaired) electrons. The molecule has 0 aliphatic carbocycles. The van der Waals surface area contributed by atoms with Crippen LogP contribution >= 0.6 is 6.60 Å². The Morgan fingerprint density at radius 1 is 0.800 bits per heavy atom. The first-order valence-corrected chi connectivity index (χ1v) is 12.8. The van der Waals surface area contributed by atoms with E-state index in [1.807, 2.05) is 6.92 Å². The van der Waals surface area contributed by atoms with E-state index in [-0.39, 0.29) is 5.97 Å². The van der Waals surface area contributed by atoms with Crippen LogP contribution in [0.25, 0.3) is 0 Å². The van der Waals surface area contributed by atoms with E-state index in [1.54, 1.807) is 6.08 Å². The van der Waals surface area contributed by atoms with E-state index >= 15 is 0 Å². The van der Waals surface area contributed by atoms with Gasteiger partial charge in [0.25, 0.3) is 0 Å². The Kier molecular flexibility index (Phi) is 5.70. The number of allylic oxidation sites excluding steroid dienone is 3. The maximum absolute atomic E-state index is 12.7. The van der Waals surface area contributed by atoms with Crippen LogP contribution in [0.2, 0.25) is 0 Å². The fourth-order valence-corrected chi connectivity index (χ4v) is 11.6. The molecular formula is C27H27O2P. The summed E-state index contributed by atoms with van der Waals surface area (Å²) in [6, 6.07) is 32.2. The predicted molar refractivity (Wildman–Crippen MR) is 128 cm³/mol. The van der Waals surface area contributed by atoms with Crippen molar-refractivity contribution in [2.75, 3.05) is 12.8 Å². The predicted octanol–water partition coefficient (Wildman–Crippen LogP) is 4.92. The molecule has 1 aliphatic rings. The van der Waals surface area contributed by atoms with Gasteiger partial charge in [0, 0.05) is 0 Å². The van der Waals surface area contributed by atoms with Gasteiger partial charge in [0.1, 0.15) is 0 Å². The number of esters is 1. The Balaban J connectivity index is 2.19. The van der Waals surface area contributed by atoms with Crippen molar-refractivity contribution in [3.63, 3.8) is 0 Å². The van der Waals surface area contributed by atoms with Crippen LogP contribution in [0.4, 0.5) is 0 Å². The fourth-order valence-electron chi connectivity index (χ4n) is 4.86. The summed E-state index contributed by atoms with van der Waals surface area (Å²) < 4.78 is 5.37. The molecule has 3 aromatic carbocycles. The average Bonchev–Trinajstić information content (AvgIpc) is 2.82. The van der Waals surface area contributed by atoms with Gasteiger partial charge in [0.2, 0.25) is 0 Å². The van der Waals surface area contributed by atoms with E-state index in [9.17, 15) is 4.79 Å². The summed E-state index contributed by atoms with van der Waals surface area (Å²) in [4.78, 5) is 12.7. The van der Waals surface area contributed by atoms with Crippen LogP contribution < -0.4 is 15.9 Å². The second-order valence-corrected chi connectivity index (χ2v) is 12.7. The zero-order valence-electron chi connectivity index (χ0n) is 17.3. The molecule has 0 bridgehead atoms. The third-order valence-electron chi connectivity index (χ3n) is 6.15. The van der Waals surface area contributed by atoms with Crippen LogP contribution in [0.5, 0.6) is 0 Å². The molecular weight excluding hydrogens is 387 g/mol. The third kappa shape index (κ3) is 3.04. The molecule has 4 rings (SSSR count). The molecule has 0 unspecified atom stereocenters. The Labute approximate surface area is 178 Å². The molecule has 1 aliphatic heterocycles. The van der Waals surface area contributed by atoms with Gasteiger partial charge in [0.05, 0.1) is 0 Å². The molecule has 3 heteroatoms. The molecule has 0 amide bonds. The Morgan fingerprint density at radius 3 is 1.70 bits per heavy atom. The van der Waals surface area contributed by atoms with Gasteiger partial charge < -0.3 is 0 Å². The zero-order chi connectivity index (χ0) is 20.9. The van der Waals surface area contributed by atoms with E-state index in [4.69, 9.17) is 4.74 Å². The molecule has 0 N–H and O–H groups in total. The van der Waals surface area contributed by atoms with Gasteiger partial charge >= 0.3 is 179 Å². The number of rotatable bonds is 5. The van der Waals surface area contributed by atoms with Crippen molar-refractivity contribution in [2.24, 2.45) is 0 Å². The number of ether oxygens (including phenoxy) is 1. The van der Waals surface area contributed by atoms with Crippen molar-refractivity contribution in [3.05, 3.63) is 115 Å². The van der Waals surface area contributed by atoms with Crippen molar-refractivity contribution >= 4 is 28.5 Å². The second kappa shape index (κ2) is 8.42. The molecule has 0 atom stereocenters. The summed E-state index contributed by atoms with van der Waals surface area (Å²) in [6.45, 7) is -0.910. The number of carbonyl (C=O) groups is 1. The molecule has 0 aromatic heterocycles. The van der Waals surface area contributed by atoms with E-state index < -0.39 is 6.60 Å². The molecule has 0 saturated carbocycles. The first-order valence-electron chi connectivity index (χ1n) is 10.4. The van der Waals surface area contributed by atoms with Crippen molar-refractivity contribution in [1.29, 1.82) is 0 Å². The number of benzene rings is 3. The Bertz CT molecular complexity index is 970. The van der Waals surface area contributed by atoms with Gasteiger partial charge in [-0.3, -0.25) is 0 Å². The molecule has 3 aromatic rings. The fraction of sp³-hybridized carbons (Fsp3) is 0.148. The van der Waals surface area contributed by atoms with Gasteiger partial charge in [-0.15, -0.1) is 0 Å². The monoisotopic (exact) mass is 414 g/mol. The SMILES string of the molecule is CCOC(=O)/C=C1\CC=CCP1(c1ccccc1)(c1ccccc1)c1ccccc1. The second-order valence-electron chi connectivity index (χ2n) is 7.56. The maximum atomic E-state index is 12.7. The van der Waals surface area contributed by atoms with Crippen LogP contribution in [0.1, 0.15) is 13.3 Å². The van der Waals surface area contributed by atoms with Gasteiger partial charge in [-0.05, 0) is 0 Å². The Hall–Kier alpha value is -2.96. The summed E-state index contributed by atoms with van der Waals surface area (Å²) in [5, 5.41) is 4.99. The third-order valence-corrected chi connectivity index (χ3v) is 13.0. The molecule has 152 valence electrons. The number of hydrogen-bond donors (Lipinski definition) is 0. The van der Waals surface area contributed by atoms with E-state index in [0.29, 0.717) is 6.61 Å². The van der Waals surface area contributed by atoms with E-state index in [2.05, 4.69) is 103 Å². The van der Waals surface area contributed by atoms with Crippen LogP contribution in [-0.2, 0) is 9.53 Å². The van der Waals surface area contributed by atoms with Crippen molar-refractivity contribution < 1.29 is 9.53 Å². The van der Waals surface area contributed by atoms with Crippen LogP contribution in [0.3, 0.4) is 0 Å². The molecule has 0 spiro atoms. The van der Waals surface area contributed by atoms with Crippen LogP contribution in [0, 0.1) is 0 Å². The first-order chi connectivity index (χ1) is 14.7. The quantitative estimate of drug-likeness (QED) is 0.256. The number of carbonyl (C=O) groups excluding carboxylic acids is 1. The standard InChI is InChI=1S/C27H27O2P/c1-2-29-27(28)22-26-20-12-13-21-30(26,23-14-6-3-7-15-23,24-16-8-4-9-17-24)25-18-10-5-11-19-25/h3-19,22H,2,20-21H2,1H3/b26-22+. The van der Waals surface area contributed by atoms with E-state index in [0.717, 1.165) is 17.9 Å². The van der Waals surface area contributed by atoms with E-state index in [1.165, 1.54) is 15.9 Å². The minimum atomic E-state index is -3.13. The molecule has 1 heterocycles. The summed E-state index contributed by atoms with van der Waals surface area (Å²) in [7, 11) is 0. The number of hydrogen-bond acceptors (Lipinski definition) is 2. The van der Waals surface area contributed by atoms with Crippen LogP contribution in [-0.4, -0.2) is 18.7 Å². The van der Waals surface area contributed by atoms with Crippen LogP contribution in [0.15, 0.2) is 115 Å². The normalized spacial score (nSPS) is 19.5. The van der Waals surface area contributed by atoms with Crippen molar-refractivity contribution in [1.82, 2.24) is 0 Å².